The van der Waals surface area contributed by atoms with Crippen LogP contribution < -0.4 is 0 Å². The predicted molar refractivity (Wildman–Crippen MR) is 104 cm³/mol. The fourth-order valence-electron chi connectivity index (χ4n) is 3.70. The standard InChI is InChI=1S/C22H16F7N3O2/c23-17-3-1-12(2-4-17)18-30-31-19(34-18)13-5-7-32(8-6-13)20(33)14-9-15(21(24,25)26)11-16(10-14)22(27,28)29/h1-4,9-11,13H,5-8H2. The van der Waals surface area contributed by atoms with Gasteiger partial charge in [-0.05, 0) is 55.3 Å². The third-order valence-corrected chi connectivity index (χ3v) is 5.50. The molecule has 0 bridgehead atoms. The van der Waals surface area contributed by atoms with Crippen LogP contribution in [0.2, 0.25) is 0 Å². The lowest BCUT2D eigenvalue weighted by molar-refractivity contribution is -0.143. The fourth-order valence-corrected chi connectivity index (χ4v) is 3.70. The predicted octanol–water partition coefficient (Wildman–Crippen LogP) is 5.93. The Morgan fingerprint density at radius 3 is 1.97 bits per heavy atom. The first kappa shape index (κ1) is 23.7. The largest absolute Gasteiger partial charge is 0.420 e. The van der Waals surface area contributed by atoms with Gasteiger partial charge in [-0.2, -0.15) is 26.3 Å². The van der Waals surface area contributed by atoms with E-state index in [1.807, 2.05) is 0 Å². The topological polar surface area (TPSA) is 59.2 Å². The molecule has 0 radical (unpaired) electrons. The van der Waals surface area contributed by atoms with Crippen LogP contribution in [0.1, 0.15) is 46.1 Å². The van der Waals surface area contributed by atoms with Crippen molar-refractivity contribution in [3.8, 4) is 11.5 Å². The van der Waals surface area contributed by atoms with E-state index in [0.717, 1.165) is 0 Å². The second kappa shape index (κ2) is 8.73. The van der Waals surface area contributed by atoms with Gasteiger partial charge in [-0.25, -0.2) is 4.39 Å². The summed E-state index contributed by atoms with van der Waals surface area (Å²) in [5.41, 5.74) is -3.26. The zero-order valence-corrected chi connectivity index (χ0v) is 17.3. The smallest absolute Gasteiger partial charge is 0.416 e. The van der Waals surface area contributed by atoms with E-state index in [1.165, 1.54) is 29.2 Å². The molecule has 34 heavy (non-hydrogen) atoms. The van der Waals surface area contributed by atoms with Gasteiger partial charge in [0.2, 0.25) is 11.8 Å². The van der Waals surface area contributed by atoms with E-state index in [-0.39, 0.29) is 36.9 Å². The summed E-state index contributed by atoms with van der Waals surface area (Å²) >= 11 is 0. The van der Waals surface area contributed by atoms with E-state index < -0.39 is 40.8 Å². The van der Waals surface area contributed by atoms with E-state index in [9.17, 15) is 35.5 Å². The average molecular weight is 487 g/mol. The molecule has 12 heteroatoms. The maximum Gasteiger partial charge on any atom is 0.416 e. The number of benzene rings is 2. The van der Waals surface area contributed by atoms with Gasteiger partial charge in [0.1, 0.15) is 5.82 Å². The Labute approximate surface area is 188 Å². The van der Waals surface area contributed by atoms with Crippen LogP contribution in [0.15, 0.2) is 46.9 Å². The Kier molecular flexibility index (Phi) is 6.09. The van der Waals surface area contributed by atoms with Gasteiger partial charge >= 0.3 is 12.4 Å². The molecule has 1 saturated heterocycles. The van der Waals surface area contributed by atoms with E-state index in [1.54, 1.807) is 0 Å². The number of piperidine rings is 1. The van der Waals surface area contributed by atoms with Crippen molar-refractivity contribution in [1.82, 2.24) is 15.1 Å². The van der Waals surface area contributed by atoms with Crippen molar-refractivity contribution in [3.05, 3.63) is 70.9 Å². The summed E-state index contributed by atoms with van der Waals surface area (Å²) in [5.74, 6) is -1.14. The van der Waals surface area contributed by atoms with Gasteiger partial charge in [0.15, 0.2) is 0 Å². The number of hydrogen-bond donors (Lipinski definition) is 0. The number of hydrogen-bond acceptors (Lipinski definition) is 4. The van der Waals surface area contributed by atoms with Crippen molar-refractivity contribution in [1.29, 1.82) is 0 Å². The van der Waals surface area contributed by atoms with Crippen LogP contribution in [0.25, 0.3) is 11.5 Å². The molecular weight excluding hydrogens is 471 g/mol. The normalized spacial score (nSPS) is 15.6. The molecule has 3 aromatic rings. The number of halogens is 7. The van der Waals surface area contributed by atoms with E-state index in [0.29, 0.717) is 30.5 Å². The number of alkyl halides is 6. The van der Waals surface area contributed by atoms with E-state index in [2.05, 4.69) is 10.2 Å². The van der Waals surface area contributed by atoms with Crippen molar-refractivity contribution in [3.63, 3.8) is 0 Å². The monoisotopic (exact) mass is 487 g/mol. The molecule has 0 N–H and O–H groups in total. The molecule has 0 aliphatic carbocycles. The summed E-state index contributed by atoms with van der Waals surface area (Å²) in [7, 11) is 0. The van der Waals surface area contributed by atoms with Crippen LogP contribution in [-0.2, 0) is 12.4 Å². The van der Waals surface area contributed by atoms with Gasteiger partial charge in [-0.3, -0.25) is 4.79 Å². The number of carbonyl (C=O) groups is 1. The van der Waals surface area contributed by atoms with Gasteiger partial charge in [0.05, 0.1) is 11.1 Å². The molecule has 2 heterocycles. The van der Waals surface area contributed by atoms with Crippen LogP contribution in [0.4, 0.5) is 30.7 Å². The van der Waals surface area contributed by atoms with Gasteiger partial charge < -0.3 is 9.32 Å². The Balaban J connectivity index is 1.47. The first-order valence-electron chi connectivity index (χ1n) is 10.1. The average Bonchev–Trinajstić information content (AvgIpc) is 3.28. The van der Waals surface area contributed by atoms with Crippen molar-refractivity contribution < 1.29 is 39.9 Å². The summed E-state index contributed by atoms with van der Waals surface area (Å²) < 4.78 is 97.3. The van der Waals surface area contributed by atoms with Crippen molar-refractivity contribution >= 4 is 5.91 Å². The molecule has 1 aliphatic rings. The Morgan fingerprint density at radius 1 is 0.882 bits per heavy atom. The van der Waals surface area contributed by atoms with Crippen molar-refractivity contribution in [2.45, 2.75) is 31.1 Å². The summed E-state index contributed by atoms with van der Waals surface area (Å²) in [5, 5.41) is 7.91. The number of rotatable bonds is 3. The van der Waals surface area contributed by atoms with Gasteiger partial charge in [0, 0.05) is 30.1 Å². The summed E-state index contributed by atoms with van der Waals surface area (Å²) in [4.78, 5) is 13.9. The molecule has 0 spiro atoms. The summed E-state index contributed by atoms with van der Waals surface area (Å²) in [6, 6.07) is 6.25. The Morgan fingerprint density at radius 2 is 1.44 bits per heavy atom. The minimum absolute atomic E-state index is 0.0166. The highest BCUT2D eigenvalue weighted by Gasteiger charge is 2.38. The highest BCUT2D eigenvalue weighted by atomic mass is 19.4. The van der Waals surface area contributed by atoms with Crippen LogP contribution >= 0.6 is 0 Å². The first-order chi connectivity index (χ1) is 15.9. The zero-order valence-electron chi connectivity index (χ0n) is 17.3. The lowest BCUT2D eigenvalue weighted by Gasteiger charge is -2.30. The first-order valence-corrected chi connectivity index (χ1v) is 10.1. The molecule has 0 unspecified atom stereocenters. The van der Waals surface area contributed by atoms with Crippen LogP contribution in [0, 0.1) is 5.82 Å². The Hall–Kier alpha value is -3.44. The second-order valence-electron chi connectivity index (χ2n) is 7.81. The molecule has 2 aromatic carbocycles. The quantitative estimate of drug-likeness (QED) is 0.430. The highest BCUT2D eigenvalue weighted by molar-refractivity contribution is 5.94. The third-order valence-electron chi connectivity index (χ3n) is 5.50. The van der Waals surface area contributed by atoms with Crippen molar-refractivity contribution in [2.75, 3.05) is 13.1 Å². The number of carbonyl (C=O) groups excluding carboxylic acids is 1. The Bertz CT molecular complexity index is 1150. The van der Waals surface area contributed by atoms with Crippen molar-refractivity contribution in [2.24, 2.45) is 0 Å². The molecule has 1 aromatic heterocycles. The van der Waals surface area contributed by atoms with Gasteiger partial charge in [-0.1, -0.05) is 0 Å². The van der Waals surface area contributed by atoms with Crippen LogP contribution in [-0.4, -0.2) is 34.1 Å². The molecule has 1 fully saturated rings. The van der Waals surface area contributed by atoms with E-state index >= 15 is 0 Å². The molecule has 5 nitrogen and oxygen atoms in total. The molecular formula is C22H16F7N3O2. The SMILES string of the molecule is O=C(c1cc(C(F)(F)F)cc(C(F)(F)F)c1)N1CCC(c2nnc(-c3ccc(F)cc3)o2)CC1. The molecule has 1 aliphatic heterocycles. The molecule has 0 atom stereocenters. The van der Waals surface area contributed by atoms with Gasteiger partial charge in [0.25, 0.3) is 5.91 Å². The maximum atomic E-state index is 13.1. The molecule has 4 rings (SSSR count). The lowest BCUT2D eigenvalue weighted by atomic mass is 9.95. The molecule has 1 amide bonds. The summed E-state index contributed by atoms with van der Waals surface area (Å²) in [6.07, 6.45) is -9.43. The highest BCUT2D eigenvalue weighted by Crippen LogP contribution is 2.37. The number of aromatic nitrogens is 2. The minimum Gasteiger partial charge on any atom is -0.420 e. The third kappa shape index (κ3) is 5.05. The van der Waals surface area contributed by atoms with Crippen LogP contribution in [0.5, 0.6) is 0 Å². The molecule has 0 saturated carbocycles. The lowest BCUT2D eigenvalue weighted by Crippen LogP contribution is -2.38. The number of amides is 1. The number of likely N-dealkylation sites (tertiary alicyclic amines) is 1. The minimum atomic E-state index is -5.04. The maximum absolute atomic E-state index is 13.1. The summed E-state index contributed by atoms with van der Waals surface area (Å²) in [6.45, 7) is 0.157. The zero-order chi connectivity index (χ0) is 24.7. The fraction of sp³-hybridized carbons (Fsp3) is 0.318. The second-order valence-corrected chi connectivity index (χ2v) is 7.81. The van der Waals surface area contributed by atoms with Crippen LogP contribution in [0.3, 0.4) is 0 Å². The van der Waals surface area contributed by atoms with Gasteiger partial charge in [-0.15, -0.1) is 10.2 Å². The number of nitrogens with zero attached hydrogens (tertiary/aromatic N) is 3. The van der Waals surface area contributed by atoms with E-state index in [4.69, 9.17) is 4.42 Å². The molecule has 180 valence electrons.